The van der Waals surface area contributed by atoms with Gasteiger partial charge in [0.05, 0.1) is 16.3 Å². The summed E-state index contributed by atoms with van der Waals surface area (Å²) in [6.45, 7) is 0. The Morgan fingerprint density at radius 2 is 1.86 bits per heavy atom. The van der Waals surface area contributed by atoms with E-state index >= 15 is 0 Å². The first kappa shape index (κ1) is 14.9. The lowest BCUT2D eigenvalue weighted by molar-refractivity contribution is 0.0961. The molecule has 2 aromatic rings. The maximum absolute atomic E-state index is 12.7. The Kier molecular flexibility index (Phi) is 4.49. The predicted molar refractivity (Wildman–Crippen MR) is 77.0 cm³/mol. The van der Waals surface area contributed by atoms with Crippen LogP contribution in [-0.2, 0) is 0 Å². The van der Waals surface area contributed by atoms with Crippen LogP contribution >= 0.6 is 11.6 Å². The molecular weight excluding hydrogens is 297 g/mol. The molecule has 21 heavy (non-hydrogen) atoms. The highest BCUT2D eigenvalue weighted by Crippen LogP contribution is 2.23. The van der Waals surface area contributed by atoms with E-state index in [1.165, 1.54) is 31.3 Å². The van der Waals surface area contributed by atoms with E-state index in [9.17, 15) is 14.0 Å². The Bertz CT molecular complexity index is 689. The Morgan fingerprint density at radius 3 is 2.48 bits per heavy atom. The van der Waals surface area contributed by atoms with Crippen LogP contribution in [-0.4, -0.2) is 23.8 Å². The largest absolute Gasteiger partial charge is 0.355 e. The highest BCUT2D eigenvalue weighted by molar-refractivity contribution is 6.34. The van der Waals surface area contributed by atoms with Gasteiger partial charge in [0.15, 0.2) is 0 Å². The summed E-state index contributed by atoms with van der Waals surface area (Å²) in [6.07, 6.45) is 1.11. The number of hydrogen-bond donors (Lipinski definition) is 2. The summed E-state index contributed by atoms with van der Waals surface area (Å²) in [5.74, 6) is -1.48. The minimum Gasteiger partial charge on any atom is -0.355 e. The Hall–Kier alpha value is -2.47. The van der Waals surface area contributed by atoms with Crippen LogP contribution in [0.1, 0.15) is 20.7 Å². The van der Waals surface area contributed by atoms with Crippen LogP contribution in [0.4, 0.5) is 10.1 Å². The quantitative estimate of drug-likeness (QED) is 0.856. The van der Waals surface area contributed by atoms with Crippen LogP contribution in [0.2, 0.25) is 5.02 Å². The summed E-state index contributed by atoms with van der Waals surface area (Å²) in [5, 5.41) is 5.31. The maximum Gasteiger partial charge on any atom is 0.257 e. The highest BCUT2D eigenvalue weighted by atomic mass is 35.5. The lowest BCUT2D eigenvalue weighted by atomic mass is 10.1. The number of pyridine rings is 1. The molecule has 2 rings (SSSR count). The van der Waals surface area contributed by atoms with Gasteiger partial charge in [-0.2, -0.15) is 4.39 Å². The van der Waals surface area contributed by atoms with Gasteiger partial charge in [0.25, 0.3) is 11.8 Å². The van der Waals surface area contributed by atoms with Crippen molar-refractivity contribution in [3.63, 3.8) is 0 Å². The molecule has 0 saturated heterocycles. The maximum atomic E-state index is 12.7. The van der Waals surface area contributed by atoms with E-state index in [4.69, 9.17) is 11.6 Å². The molecule has 1 heterocycles. The SMILES string of the molecule is CNC(=O)c1ccc(Cl)c(NC(=O)c2ccc(F)nc2)c1. The molecule has 5 nitrogen and oxygen atoms in total. The first-order valence-electron chi connectivity index (χ1n) is 5.96. The molecule has 0 saturated carbocycles. The molecule has 1 aromatic heterocycles. The van der Waals surface area contributed by atoms with E-state index in [-0.39, 0.29) is 22.2 Å². The van der Waals surface area contributed by atoms with Crippen molar-refractivity contribution < 1.29 is 14.0 Å². The molecule has 0 radical (unpaired) electrons. The Balaban J connectivity index is 2.24. The molecule has 7 heteroatoms. The fourth-order valence-corrected chi connectivity index (χ4v) is 1.78. The lowest BCUT2D eigenvalue weighted by Crippen LogP contribution is -2.18. The van der Waals surface area contributed by atoms with Crippen LogP contribution < -0.4 is 10.6 Å². The number of rotatable bonds is 3. The molecule has 2 amide bonds. The summed E-state index contributed by atoms with van der Waals surface area (Å²) in [7, 11) is 1.50. The van der Waals surface area contributed by atoms with Crippen LogP contribution in [0.5, 0.6) is 0 Å². The average molecular weight is 308 g/mol. The van der Waals surface area contributed by atoms with Crippen molar-refractivity contribution in [2.75, 3.05) is 12.4 Å². The minimum atomic E-state index is -0.675. The number of benzene rings is 1. The van der Waals surface area contributed by atoms with Crippen molar-refractivity contribution in [3.8, 4) is 0 Å². The van der Waals surface area contributed by atoms with Gasteiger partial charge in [-0.15, -0.1) is 0 Å². The first-order chi connectivity index (χ1) is 10.0. The molecule has 0 spiro atoms. The Labute approximate surface area is 125 Å². The van der Waals surface area contributed by atoms with Gasteiger partial charge in [0.1, 0.15) is 0 Å². The number of amides is 2. The van der Waals surface area contributed by atoms with Crippen molar-refractivity contribution in [1.29, 1.82) is 0 Å². The van der Waals surface area contributed by atoms with Gasteiger partial charge in [0, 0.05) is 18.8 Å². The number of nitrogens with one attached hydrogen (secondary N) is 2. The van der Waals surface area contributed by atoms with Crippen molar-refractivity contribution in [2.24, 2.45) is 0 Å². The summed E-state index contributed by atoms with van der Waals surface area (Å²) in [5.41, 5.74) is 0.819. The molecule has 2 N–H and O–H groups in total. The number of hydrogen-bond acceptors (Lipinski definition) is 3. The van der Waals surface area contributed by atoms with Gasteiger partial charge < -0.3 is 10.6 Å². The van der Waals surface area contributed by atoms with Gasteiger partial charge in [-0.1, -0.05) is 11.6 Å². The van der Waals surface area contributed by atoms with Crippen LogP contribution in [0, 0.1) is 5.95 Å². The van der Waals surface area contributed by atoms with E-state index in [0.717, 1.165) is 12.3 Å². The van der Waals surface area contributed by atoms with Gasteiger partial charge in [-0.25, -0.2) is 4.98 Å². The minimum absolute atomic E-state index is 0.179. The van der Waals surface area contributed by atoms with E-state index in [2.05, 4.69) is 15.6 Å². The lowest BCUT2D eigenvalue weighted by Gasteiger charge is -2.09. The van der Waals surface area contributed by atoms with E-state index in [1.54, 1.807) is 0 Å². The van der Waals surface area contributed by atoms with Crippen LogP contribution in [0.15, 0.2) is 36.5 Å². The fraction of sp³-hybridized carbons (Fsp3) is 0.0714. The van der Waals surface area contributed by atoms with Crippen molar-refractivity contribution in [2.45, 2.75) is 0 Å². The number of halogens is 2. The third-order valence-electron chi connectivity index (χ3n) is 2.69. The number of nitrogens with zero attached hydrogens (tertiary/aromatic N) is 1. The third-order valence-corrected chi connectivity index (χ3v) is 3.02. The molecule has 108 valence electrons. The van der Waals surface area contributed by atoms with Crippen molar-refractivity contribution in [1.82, 2.24) is 10.3 Å². The van der Waals surface area contributed by atoms with Crippen LogP contribution in [0.25, 0.3) is 0 Å². The molecular formula is C14H11ClFN3O2. The Morgan fingerprint density at radius 1 is 1.14 bits per heavy atom. The van der Waals surface area contributed by atoms with Gasteiger partial charge in [-0.05, 0) is 30.3 Å². The molecule has 0 bridgehead atoms. The standard InChI is InChI=1S/C14H11ClFN3O2/c1-17-13(20)8-2-4-10(15)11(6-8)19-14(21)9-3-5-12(16)18-7-9/h2-7H,1H3,(H,17,20)(H,19,21). The zero-order valence-corrected chi connectivity index (χ0v) is 11.7. The van der Waals surface area contributed by atoms with E-state index < -0.39 is 11.9 Å². The number of carbonyl (C=O) groups is 2. The monoisotopic (exact) mass is 307 g/mol. The molecule has 1 aromatic carbocycles. The number of aromatic nitrogens is 1. The average Bonchev–Trinajstić information content (AvgIpc) is 2.49. The summed E-state index contributed by atoms with van der Waals surface area (Å²) >= 11 is 5.98. The highest BCUT2D eigenvalue weighted by Gasteiger charge is 2.12. The molecule has 0 aliphatic heterocycles. The van der Waals surface area contributed by atoms with E-state index in [0.29, 0.717) is 5.56 Å². The molecule has 0 unspecified atom stereocenters. The summed E-state index contributed by atoms with van der Waals surface area (Å²) < 4.78 is 12.7. The summed E-state index contributed by atoms with van der Waals surface area (Å²) in [4.78, 5) is 26.9. The molecule has 0 aliphatic rings. The first-order valence-corrected chi connectivity index (χ1v) is 6.33. The number of anilines is 1. The van der Waals surface area contributed by atoms with Crippen molar-refractivity contribution in [3.05, 3.63) is 58.6 Å². The molecule has 0 fully saturated rings. The summed E-state index contributed by atoms with van der Waals surface area (Å²) in [6, 6.07) is 6.88. The molecule has 0 aliphatic carbocycles. The number of carbonyl (C=O) groups excluding carboxylic acids is 2. The zero-order chi connectivity index (χ0) is 15.4. The second-order valence-corrected chi connectivity index (χ2v) is 4.50. The fourth-order valence-electron chi connectivity index (χ4n) is 1.61. The topological polar surface area (TPSA) is 71.1 Å². The van der Waals surface area contributed by atoms with E-state index in [1.807, 2.05) is 0 Å². The third kappa shape index (κ3) is 3.55. The smallest absolute Gasteiger partial charge is 0.257 e. The normalized spacial score (nSPS) is 10.0. The zero-order valence-electron chi connectivity index (χ0n) is 11.0. The second kappa shape index (κ2) is 6.32. The van der Waals surface area contributed by atoms with Crippen LogP contribution in [0.3, 0.4) is 0 Å². The second-order valence-electron chi connectivity index (χ2n) is 4.10. The predicted octanol–water partition coefficient (Wildman–Crippen LogP) is 2.49. The molecule has 0 atom stereocenters. The van der Waals surface area contributed by atoms with Gasteiger partial charge in [0.2, 0.25) is 5.95 Å². The van der Waals surface area contributed by atoms with Gasteiger partial charge in [-0.3, -0.25) is 9.59 Å². The van der Waals surface area contributed by atoms with Gasteiger partial charge >= 0.3 is 0 Å². The van der Waals surface area contributed by atoms with Crippen molar-refractivity contribution >= 4 is 29.1 Å².